The summed E-state index contributed by atoms with van der Waals surface area (Å²) in [6, 6.07) is 9.47. The van der Waals surface area contributed by atoms with E-state index in [0.717, 1.165) is 12.8 Å². The molecule has 1 heterocycles. The average Bonchev–Trinajstić information content (AvgIpc) is 3.69. The number of hydrogen-bond acceptors (Lipinski definition) is 6. The van der Waals surface area contributed by atoms with Crippen LogP contribution in [0.2, 0.25) is 10.0 Å². The Hall–Kier alpha value is -3.24. The van der Waals surface area contributed by atoms with Crippen LogP contribution < -0.4 is 14.2 Å². The minimum absolute atomic E-state index is 0.0316. The number of pyridine rings is 1. The van der Waals surface area contributed by atoms with Crippen molar-refractivity contribution in [1.29, 1.82) is 0 Å². The summed E-state index contributed by atoms with van der Waals surface area (Å²) < 4.78 is 72.2. The van der Waals surface area contributed by atoms with Crippen molar-refractivity contribution >= 4 is 29.2 Å². The molecule has 38 heavy (non-hydrogen) atoms. The number of halogens is 6. The quantitative estimate of drug-likeness (QED) is 0.165. The summed E-state index contributed by atoms with van der Waals surface area (Å²) in [4.78, 5) is 17.0. The predicted molar refractivity (Wildman–Crippen MR) is 130 cm³/mol. The summed E-state index contributed by atoms with van der Waals surface area (Å²) in [7, 11) is 0. The van der Waals surface area contributed by atoms with Crippen LogP contribution in [0.4, 0.5) is 17.6 Å². The van der Waals surface area contributed by atoms with Crippen LogP contribution in [0.25, 0.3) is 0 Å². The van der Waals surface area contributed by atoms with Gasteiger partial charge < -0.3 is 18.9 Å². The third-order valence-electron chi connectivity index (χ3n) is 5.64. The van der Waals surface area contributed by atoms with E-state index in [4.69, 9.17) is 32.7 Å². The molecule has 1 saturated carbocycles. The summed E-state index contributed by atoms with van der Waals surface area (Å²) in [6.45, 7) is -5.95. The molecule has 0 N–H and O–H groups in total. The van der Waals surface area contributed by atoms with Gasteiger partial charge in [-0.1, -0.05) is 41.4 Å². The summed E-state index contributed by atoms with van der Waals surface area (Å²) in [5.41, 5.74) is 0.487. The van der Waals surface area contributed by atoms with E-state index in [1.807, 2.05) is 0 Å². The van der Waals surface area contributed by atoms with Crippen molar-refractivity contribution in [3.63, 3.8) is 0 Å². The number of carbonyl (C=O) groups is 1. The summed E-state index contributed by atoms with van der Waals surface area (Å²) in [6.07, 6.45) is 3.49. The highest BCUT2D eigenvalue weighted by atomic mass is 35.5. The largest absolute Gasteiger partial charge is 0.489 e. The molecule has 1 aliphatic rings. The molecule has 1 aromatic heterocycles. The van der Waals surface area contributed by atoms with Crippen molar-refractivity contribution in [1.82, 2.24) is 4.98 Å². The predicted octanol–water partition coefficient (Wildman–Crippen LogP) is 7.52. The van der Waals surface area contributed by atoms with Crippen LogP contribution in [0.1, 0.15) is 40.4 Å². The van der Waals surface area contributed by atoms with Crippen LogP contribution in [0.5, 0.6) is 17.2 Å². The van der Waals surface area contributed by atoms with Gasteiger partial charge in [0.2, 0.25) is 0 Å². The van der Waals surface area contributed by atoms with Crippen molar-refractivity contribution in [3.05, 3.63) is 81.6 Å². The number of ether oxygens (including phenoxy) is 4. The zero-order valence-corrected chi connectivity index (χ0v) is 21.1. The Morgan fingerprint density at radius 1 is 0.921 bits per heavy atom. The lowest BCUT2D eigenvalue weighted by Gasteiger charge is -2.22. The molecular weight excluding hydrogens is 553 g/mol. The van der Waals surface area contributed by atoms with Crippen LogP contribution >= 0.6 is 23.2 Å². The maximum atomic E-state index is 13.1. The maximum absolute atomic E-state index is 13.1. The van der Waals surface area contributed by atoms with E-state index in [2.05, 4.69) is 14.5 Å². The second kappa shape index (κ2) is 12.5. The molecule has 4 rings (SSSR count). The topological polar surface area (TPSA) is 66.9 Å². The fourth-order valence-corrected chi connectivity index (χ4v) is 4.11. The molecule has 1 aliphatic carbocycles. The molecule has 0 radical (unpaired) electrons. The number of para-hydroxylation sites is 1. The number of hydrogen-bond donors (Lipinski definition) is 0. The first-order chi connectivity index (χ1) is 18.2. The monoisotopic (exact) mass is 573 g/mol. The van der Waals surface area contributed by atoms with Gasteiger partial charge in [0.25, 0.3) is 0 Å². The highest BCUT2D eigenvalue weighted by molar-refractivity contribution is 6.35. The lowest BCUT2D eigenvalue weighted by molar-refractivity contribution is -0.0518. The standard InChI is InChI=1S/C26H21Cl2F4NO5/c27-18-11-33-12-19(28)17(18)10-22(36-24(34)16-3-1-2-4-20(16)37-25(29)30)15-7-8-21(38-26(31)32)23(9-15)35-13-14-5-6-14/h1-4,7-9,11-12,14,22,25-26H,5-6,10,13H2. The molecular formula is C26H21Cl2F4NO5. The minimum Gasteiger partial charge on any atom is -0.489 e. The Kier molecular flexibility index (Phi) is 9.17. The molecule has 0 saturated heterocycles. The molecule has 12 heteroatoms. The zero-order valence-electron chi connectivity index (χ0n) is 19.6. The second-order valence-electron chi connectivity index (χ2n) is 8.39. The Balaban J connectivity index is 1.69. The van der Waals surface area contributed by atoms with Gasteiger partial charge in [-0.2, -0.15) is 17.6 Å². The molecule has 1 unspecified atom stereocenters. The average molecular weight is 574 g/mol. The van der Waals surface area contributed by atoms with Crippen molar-refractivity contribution in [3.8, 4) is 17.2 Å². The molecule has 0 spiro atoms. The number of rotatable bonds is 12. The molecule has 2 aromatic carbocycles. The van der Waals surface area contributed by atoms with Gasteiger partial charge in [-0.3, -0.25) is 4.98 Å². The number of nitrogens with zero attached hydrogens (tertiary/aromatic N) is 1. The van der Waals surface area contributed by atoms with Crippen molar-refractivity contribution in [2.45, 2.75) is 38.6 Å². The van der Waals surface area contributed by atoms with Gasteiger partial charge in [-0.15, -0.1) is 0 Å². The minimum atomic E-state index is -3.16. The molecule has 6 nitrogen and oxygen atoms in total. The van der Waals surface area contributed by atoms with Gasteiger partial charge in [-0.05, 0) is 54.2 Å². The second-order valence-corrected chi connectivity index (χ2v) is 9.21. The zero-order chi connectivity index (χ0) is 27.2. The van der Waals surface area contributed by atoms with Gasteiger partial charge in [-0.25, -0.2) is 4.79 Å². The number of alkyl halides is 4. The smallest absolute Gasteiger partial charge is 0.387 e. The van der Waals surface area contributed by atoms with Crippen molar-refractivity contribution in [2.75, 3.05) is 6.61 Å². The molecule has 0 bridgehead atoms. The maximum Gasteiger partial charge on any atom is 0.387 e. The fraction of sp³-hybridized carbons (Fsp3) is 0.308. The molecule has 0 aliphatic heterocycles. The molecule has 1 atom stereocenters. The van der Waals surface area contributed by atoms with Crippen LogP contribution in [0, 0.1) is 5.92 Å². The summed E-state index contributed by atoms with van der Waals surface area (Å²) in [5, 5.41) is 0.394. The fourth-order valence-electron chi connectivity index (χ4n) is 3.60. The Morgan fingerprint density at radius 2 is 1.58 bits per heavy atom. The number of benzene rings is 2. The first-order valence-electron chi connectivity index (χ1n) is 11.5. The van der Waals surface area contributed by atoms with Crippen LogP contribution in [0.15, 0.2) is 54.9 Å². The molecule has 1 fully saturated rings. The first-order valence-corrected chi connectivity index (χ1v) is 12.2. The molecule has 202 valence electrons. The lowest BCUT2D eigenvalue weighted by Crippen LogP contribution is -2.17. The third kappa shape index (κ3) is 7.41. The van der Waals surface area contributed by atoms with Gasteiger partial charge >= 0.3 is 19.2 Å². The SMILES string of the molecule is O=C(OC(Cc1c(Cl)cncc1Cl)c1ccc(OC(F)F)c(OCC2CC2)c1)c1ccccc1OC(F)F. The van der Waals surface area contributed by atoms with Crippen LogP contribution in [-0.2, 0) is 11.2 Å². The summed E-state index contributed by atoms with van der Waals surface area (Å²) in [5.74, 6) is -1.19. The van der Waals surface area contributed by atoms with E-state index in [-0.39, 0.29) is 39.3 Å². The normalized spacial score (nSPS) is 13.9. The van der Waals surface area contributed by atoms with Crippen molar-refractivity contribution in [2.24, 2.45) is 5.92 Å². The Labute approximate surface area is 225 Å². The van der Waals surface area contributed by atoms with E-state index in [9.17, 15) is 22.4 Å². The van der Waals surface area contributed by atoms with Crippen LogP contribution in [-0.4, -0.2) is 30.8 Å². The lowest BCUT2D eigenvalue weighted by atomic mass is 10.0. The Morgan fingerprint density at radius 3 is 2.24 bits per heavy atom. The van der Waals surface area contributed by atoms with E-state index >= 15 is 0 Å². The van der Waals surface area contributed by atoms with E-state index in [1.54, 1.807) is 0 Å². The van der Waals surface area contributed by atoms with E-state index in [1.165, 1.54) is 54.9 Å². The number of esters is 1. The van der Waals surface area contributed by atoms with Gasteiger partial charge in [0.05, 0.1) is 16.7 Å². The van der Waals surface area contributed by atoms with Gasteiger partial charge in [0.15, 0.2) is 11.5 Å². The molecule has 3 aromatic rings. The van der Waals surface area contributed by atoms with Crippen LogP contribution in [0.3, 0.4) is 0 Å². The number of aromatic nitrogens is 1. The first kappa shape index (κ1) is 27.8. The summed E-state index contributed by atoms with van der Waals surface area (Å²) >= 11 is 12.6. The number of carbonyl (C=O) groups excluding carboxylic acids is 1. The van der Waals surface area contributed by atoms with Gasteiger partial charge in [0.1, 0.15) is 17.4 Å². The molecule has 0 amide bonds. The highest BCUT2D eigenvalue weighted by Gasteiger charge is 2.27. The third-order valence-corrected chi connectivity index (χ3v) is 6.29. The van der Waals surface area contributed by atoms with E-state index in [0.29, 0.717) is 23.7 Å². The highest BCUT2D eigenvalue weighted by Crippen LogP contribution is 2.38. The Bertz CT molecular complexity index is 1260. The van der Waals surface area contributed by atoms with Crippen molar-refractivity contribution < 1.29 is 41.3 Å². The van der Waals surface area contributed by atoms with Gasteiger partial charge in [0, 0.05) is 18.8 Å². The van der Waals surface area contributed by atoms with E-state index < -0.39 is 25.3 Å².